The van der Waals surface area contributed by atoms with Crippen LogP contribution in [0.4, 0.5) is 0 Å². The maximum atomic E-state index is 12.2. The molecule has 0 aromatic heterocycles. The first-order chi connectivity index (χ1) is 15.0. The van der Waals surface area contributed by atoms with E-state index in [4.69, 9.17) is 37.4 Å². The minimum atomic E-state index is -0.598. The van der Waals surface area contributed by atoms with E-state index in [-0.39, 0.29) is 23.3 Å². The third-order valence-corrected chi connectivity index (χ3v) is 4.80. The van der Waals surface area contributed by atoms with Gasteiger partial charge in [-0.15, -0.1) is 0 Å². The van der Waals surface area contributed by atoms with Crippen LogP contribution in [0.1, 0.15) is 26.3 Å². The highest BCUT2D eigenvalue weighted by molar-refractivity contribution is 6.36. The van der Waals surface area contributed by atoms with Crippen LogP contribution in [0.15, 0.2) is 65.8 Å². The molecule has 31 heavy (non-hydrogen) atoms. The molecule has 0 atom stereocenters. The van der Waals surface area contributed by atoms with Gasteiger partial charge in [-0.05, 0) is 66.2 Å². The molecule has 0 bridgehead atoms. The molecule has 3 aromatic rings. The summed E-state index contributed by atoms with van der Waals surface area (Å²) in [6.45, 7) is 0.136. The zero-order chi connectivity index (χ0) is 21.8. The van der Waals surface area contributed by atoms with Crippen molar-refractivity contribution in [2.24, 2.45) is 5.10 Å². The van der Waals surface area contributed by atoms with Crippen LogP contribution >= 0.6 is 23.2 Å². The second-order valence-corrected chi connectivity index (χ2v) is 7.19. The van der Waals surface area contributed by atoms with Gasteiger partial charge in [-0.25, -0.2) is 10.2 Å². The molecule has 0 aliphatic carbocycles. The molecule has 4 rings (SSSR count). The van der Waals surface area contributed by atoms with Crippen molar-refractivity contribution in [3.05, 3.63) is 87.4 Å². The van der Waals surface area contributed by atoms with Crippen LogP contribution in [0.5, 0.6) is 17.2 Å². The largest absolute Gasteiger partial charge is 0.454 e. The molecule has 1 aliphatic heterocycles. The Labute approximate surface area is 187 Å². The number of hydrazone groups is 1. The Balaban J connectivity index is 1.34. The number of amides is 1. The molecule has 0 fully saturated rings. The summed E-state index contributed by atoms with van der Waals surface area (Å²) in [7, 11) is 0. The van der Waals surface area contributed by atoms with E-state index in [1.807, 2.05) is 0 Å². The predicted octanol–water partition coefficient (Wildman–Crippen LogP) is 4.71. The summed E-state index contributed by atoms with van der Waals surface area (Å²) >= 11 is 11.9. The highest BCUT2D eigenvalue weighted by atomic mass is 35.5. The molecule has 3 aromatic carbocycles. The molecular weight excluding hydrogens is 443 g/mol. The zero-order valence-electron chi connectivity index (χ0n) is 15.8. The highest BCUT2D eigenvalue weighted by Gasteiger charge is 2.16. The SMILES string of the molecule is O=C(NN=Cc1ccc(OC(=O)c2ccc(Cl)cc2Cl)cc1)c1ccc2c(c1)OCO2. The molecule has 0 saturated carbocycles. The van der Waals surface area contributed by atoms with Gasteiger partial charge in [0.25, 0.3) is 5.91 Å². The number of rotatable bonds is 5. The van der Waals surface area contributed by atoms with Gasteiger partial charge in [0, 0.05) is 10.6 Å². The lowest BCUT2D eigenvalue weighted by atomic mass is 10.2. The predicted molar refractivity (Wildman–Crippen MR) is 115 cm³/mol. The van der Waals surface area contributed by atoms with Crippen LogP contribution in [0, 0.1) is 0 Å². The minimum absolute atomic E-state index is 0.136. The molecule has 1 amide bonds. The Kier molecular flexibility index (Phi) is 6.06. The van der Waals surface area contributed by atoms with Crippen molar-refractivity contribution >= 4 is 41.3 Å². The number of fused-ring (bicyclic) bond motifs is 1. The first-order valence-corrected chi connectivity index (χ1v) is 9.75. The van der Waals surface area contributed by atoms with Crippen molar-refractivity contribution in [3.63, 3.8) is 0 Å². The van der Waals surface area contributed by atoms with E-state index in [9.17, 15) is 9.59 Å². The number of nitrogens with one attached hydrogen (secondary N) is 1. The summed E-state index contributed by atoms with van der Waals surface area (Å²) in [5, 5.41) is 4.57. The number of benzene rings is 3. The monoisotopic (exact) mass is 456 g/mol. The van der Waals surface area contributed by atoms with Crippen molar-refractivity contribution in [1.82, 2.24) is 5.43 Å². The second kappa shape index (κ2) is 9.07. The number of carbonyl (C=O) groups excluding carboxylic acids is 2. The van der Waals surface area contributed by atoms with Crippen LogP contribution in [0.3, 0.4) is 0 Å². The van der Waals surface area contributed by atoms with Gasteiger partial charge in [0.2, 0.25) is 6.79 Å². The molecule has 156 valence electrons. The van der Waals surface area contributed by atoms with Crippen molar-refractivity contribution in [2.45, 2.75) is 0 Å². The molecular formula is C22H14Cl2N2O5. The summed E-state index contributed by atoms with van der Waals surface area (Å²) in [6.07, 6.45) is 1.46. The molecule has 0 spiro atoms. The van der Waals surface area contributed by atoms with Gasteiger partial charge >= 0.3 is 5.97 Å². The third kappa shape index (κ3) is 4.96. The average Bonchev–Trinajstić information content (AvgIpc) is 3.22. The number of nitrogens with zero attached hydrogens (tertiary/aromatic N) is 1. The normalized spacial score (nSPS) is 12.1. The topological polar surface area (TPSA) is 86.2 Å². The maximum absolute atomic E-state index is 12.2. The fourth-order valence-electron chi connectivity index (χ4n) is 2.71. The minimum Gasteiger partial charge on any atom is -0.454 e. The summed E-state index contributed by atoms with van der Waals surface area (Å²) in [6, 6.07) is 16.0. The smallest absolute Gasteiger partial charge is 0.345 e. The van der Waals surface area contributed by atoms with E-state index in [2.05, 4.69) is 10.5 Å². The summed E-state index contributed by atoms with van der Waals surface area (Å²) in [5.74, 6) is 0.456. The van der Waals surface area contributed by atoms with Crippen LogP contribution in [-0.4, -0.2) is 24.9 Å². The molecule has 7 nitrogen and oxygen atoms in total. The fraction of sp³-hybridized carbons (Fsp3) is 0.0455. The average molecular weight is 457 g/mol. The van der Waals surface area contributed by atoms with E-state index < -0.39 is 5.97 Å². The molecule has 0 unspecified atom stereocenters. The summed E-state index contributed by atoms with van der Waals surface area (Å²) < 4.78 is 15.8. The summed E-state index contributed by atoms with van der Waals surface area (Å²) in [4.78, 5) is 24.4. The number of hydrogen-bond acceptors (Lipinski definition) is 6. The van der Waals surface area contributed by atoms with Crippen LogP contribution in [0.25, 0.3) is 0 Å². The lowest BCUT2D eigenvalue weighted by Crippen LogP contribution is -2.17. The van der Waals surface area contributed by atoms with Gasteiger partial charge in [-0.2, -0.15) is 5.10 Å². The number of halogens is 2. The molecule has 1 heterocycles. The third-order valence-electron chi connectivity index (χ3n) is 4.26. The van der Waals surface area contributed by atoms with E-state index in [0.29, 0.717) is 33.4 Å². The standard InChI is InChI=1S/C22H14Cl2N2O5/c23-15-4-7-17(18(24)10-15)22(28)31-16-5-1-13(2-6-16)11-25-26-21(27)14-3-8-19-20(9-14)30-12-29-19/h1-11H,12H2,(H,26,27). The van der Waals surface area contributed by atoms with Gasteiger partial charge in [-0.1, -0.05) is 23.2 Å². The number of carbonyl (C=O) groups is 2. The number of ether oxygens (including phenoxy) is 3. The first-order valence-electron chi connectivity index (χ1n) is 9.00. The second-order valence-electron chi connectivity index (χ2n) is 6.35. The van der Waals surface area contributed by atoms with Crippen molar-refractivity contribution in [3.8, 4) is 17.2 Å². The molecule has 0 saturated heterocycles. The van der Waals surface area contributed by atoms with Crippen molar-refractivity contribution in [2.75, 3.05) is 6.79 Å². The van der Waals surface area contributed by atoms with Crippen molar-refractivity contribution in [1.29, 1.82) is 0 Å². The summed E-state index contributed by atoms with van der Waals surface area (Å²) in [5.41, 5.74) is 3.74. The van der Waals surface area contributed by atoms with Crippen LogP contribution in [0.2, 0.25) is 10.0 Å². The van der Waals surface area contributed by atoms with E-state index in [0.717, 1.165) is 0 Å². The Morgan fingerprint density at radius 1 is 0.968 bits per heavy atom. The van der Waals surface area contributed by atoms with Crippen molar-refractivity contribution < 1.29 is 23.8 Å². The highest BCUT2D eigenvalue weighted by Crippen LogP contribution is 2.32. The molecule has 9 heteroatoms. The Bertz CT molecular complexity index is 1180. The van der Waals surface area contributed by atoms with Crippen LogP contribution < -0.4 is 19.6 Å². The van der Waals surface area contributed by atoms with Crippen LogP contribution in [-0.2, 0) is 0 Å². The Morgan fingerprint density at radius 2 is 1.74 bits per heavy atom. The molecule has 1 aliphatic rings. The van der Waals surface area contributed by atoms with Gasteiger partial charge in [0.1, 0.15) is 5.75 Å². The maximum Gasteiger partial charge on any atom is 0.345 e. The van der Waals surface area contributed by atoms with E-state index in [1.54, 1.807) is 48.5 Å². The lowest BCUT2D eigenvalue weighted by molar-refractivity contribution is 0.0734. The lowest BCUT2D eigenvalue weighted by Gasteiger charge is -2.06. The Hall–Kier alpha value is -3.55. The Morgan fingerprint density at radius 3 is 2.52 bits per heavy atom. The van der Waals surface area contributed by atoms with E-state index in [1.165, 1.54) is 18.3 Å². The van der Waals surface area contributed by atoms with Gasteiger partial charge in [0.05, 0.1) is 16.8 Å². The van der Waals surface area contributed by atoms with Gasteiger partial charge in [-0.3, -0.25) is 4.79 Å². The van der Waals surface area contributed by atoms with Gasteiger partial charge < -0.3 is 14.2 Å². The number of esters is 1. The first kappa shape index (κ1) is 20.7. The number of hydrogen-bond donors (Lipinski definition) is 1. The quantitative estimate of drug-likeness (QED) is 0.260. The van der Waals surface area contributed by atoms with E-state index >= 15 is 0 Å². The van der Waals surface area contributed by atoms with Gasteiger partial charge in [0.15, 0.2) is 11.5 Å². The fourth-order valence-corrected chi connectivity index (χ4v) is 3.19. The zero-order valence-corrected chi connectivity index (χ0v) is 17.3. The molecule has 0 radical (unpaired) electrons. The molecule has 1 N–H and O–H groups in total.